The molecule has 0 spiro atoms. The number of hydrogen-bond acceptors (Lipinski definition) is 2. The van der Waals surface area contributed by atoms with Crippen molar-refractivity contribution < 1.29 is 4.79 Å². The van der Waals surface area contributed by atoms with Crippen LogP contribution in [0.15, 0.2) is 0 Å². The molecule has 1 N–H and O–H groups in total. The summed E-state index contributed by atoms with van der Waals surface area (Å²) in [5.41, 5.74) is 0. The van der Waals surface area contributed by atoms with E-state index in [1.54, 1.807) is 0 Å². The average Bonchev–Trinajstić information content (AvgIpc) is 2.49. The van der Waals surface area contributed by atoms with Gasteiger partial charge in [0.1, 0.15) is 0 Å². The van der Waals surface area contributed by atoms with Gasteiger partial charge in [-0.15, -0.1) is 0 Å². The second-order valence-electron chi connectivity index (χ2n) is 7.43. The van der Waals surface area contributed by atoms with Crippen LogP contribution < -0.4 is 5.32 Å². The van der Waals surface area contributed by atoms with Crippen LogP contribution in [0.2, 0.25) is 0 Å². The Hall–Kier alpha value is -0.570. The van der Waals surface area contributed by atoms with Crippen molar-refractivity contribution in [3.05, 3.63) is 0 Å². The molecule has 2 rings (SSSR count). The lowest BCUT2D eigenvalue weighted by molar-refractivity contribution is -0.135. The van der Waals surface area contributed by atoms with E-state index >= 15 is 0 Å². The SMILES string of the molecule is CCCC1CCC(NC2CCN(C(=O)C(C)C)CC2)CC1. The summed E-state index contributed by atoms with van der Waals surface area (Å²) in [6, 6.07) is 1.37. The van der Waals surface area contributed by atoms with Gasteiger partial charge in [0.2, 0.25) is 5.91 Å². The second kappa shape index (κ2) is 8.17. The van der Waals surface area contributed by atoms with Gasteiger partial charge in [-0.1, -0.05) is 33.6 Å². The van der Waals surface area contributed by atoms with Crippen LogP contribution in [0.4, 0.5) is 0 Å². The molecule has 1 saturated heterocycles. The van der Waals surface area contributed by atoms with E-state index in [4.69, 9.17) is 0 Å². The lowest BCUT2D eigenvalue weighted by atomic mass is 9.83. The summed E-state index contributed by atoms with van der Waals surface area (Å²) >= 11 is 0. The van der Waals surface area contributed by atoms with Crippen LogP contribution in [-0.2, 0) is 4.79 Å². The Bertz CT molecular complexity index is 313. The standard InChI is InChI=1S/C18H34N2O/c1-4-5-15-6-8-16(9-7-15)19-17-10-12-20(13-11-17)18(21)14(2)3/h14-17,19H,4-13H2,1-3H3. The Kier molecular flexibility index (Phi) is 6.53. The minimum atomic E-state index is 0.142. The Morgan fingerprint density at radius 1 is 1.05 bits per heavy atom. The molecule has 2 aliphatic rings. The molecule has 0 radical (unpaired) electrons. The molecule has 1 heterocycles. The molecule has 1 saturated carbocycles. The largest absolute Gasteiger partial charge is 0.342 e. The molecule has 0 aromatic carbocycles. The topological polar surface area (TPSA) is 32.3 Å². The fourth-order valence-electron chi connectivity index (χ4n) is 3.99. The van der Waals surface area contributed by atoms with Crippen LogP contribution in [0.3, 0.4) is 0 Å². The first-order valence-electron chi connectivity index (χ1n) is 9.15. The highest BCUT2D eigenvalue weighted by Gasteiger charge is 2.27. The highest BCUT2D eigenvalue weighted by Crippen LogP contribution is 2.28. The van der Waals surface area contributed by atoms with Crippen molar-refractivity contribution in [3.63, 3.8) is 0 Å². The minimum absolute atomic E-state index is 0.142. The zero-order valence-electron chi connectivity index (χ0n) is 14.2. The second-order valence-corrected chi connectivity index (χ2v) is 7.43. The van der Waals surface area contributed by atoms with Crippen LogP contribution in [0.1, 0.15) is 72.1 Å². The maximum atomic E-state index is 12.0. The summed E-state index contributed by atoms with van der Waals surface area (Å²) in [6.07, 6.45) is 10.6. The number of rotatable bonds is 5. The van der Waals surface area contributed by atoms with Crippen molar-refractivity contribution >= 4 is 5.91 Å². The quantitative estimate of drug-likeness (QED) is 0.840. The molecular weight excluding hydrogens is 260 g/mol. The number of hydrogen-bond donors (Lipinski definition) is 1. The first-order valence-corrected chi connectivity index (χ1v) is 9.15. The van der Waals surface area contributed by atoms with Crippen LogP contribution in [0.25, 0.3) is 0 Å². The zero-order chi connectivity index (χ0) is 15.2. The molecule has 0 aromatic rings. The van der Waals surface area contributed by atoms with Crippen molar-refractivity contribution in [2.45, 2.75) is 84.2 Å². The molecule has 122 valence electrons. The smallest absolute Gasteiger partial charge is 0.225 e. The fraction of sp³-hybridized carbons (Fsp3) is 0.944. The predicted octanol–water partition coefficient (Wildman–Crippen LogP) is 3.58. The van der Waals surface area contributed by atoms with E-state index in [0.29, 0.717) is 11.9 Å². The van der Waals surface area contributed by atoms with Gasteiger partial charge in [-0.05, 0) is 44.4 Å². The Morgan fingerprint density at radius 3 is 2.14 bits per heavy atom. The van der Waals surface area contributed by atoms with Crippen LogP contribution in [-0.4, -0.2) is 36.0 Å². The molecule has 0 aromatic heterocycles. The molecule has 1 aliphatic carbocycles. The van der Waals surface area contributed by atoms with Gasteiger partial charge >= 0.3 is 0 Å². The third-order valence-electron chi connectivity index (χ3n) is 5.32. The van der Waals surface area contributed by atoms with Crippen molar-refractivity contribution in [1.82, 2.24) is 10.2 Å². The van der Waals surface area contributed by atoms with Crippen molar-refractivity contribution in [2.75, 3.05) is 13.1 Å². The summed E-state index contributed by atoms with van der Waals surface area (Å²) in [7, 11) is 0. The van der Waals surface area contributed by atoms with Gasteiger partial charge in [-0.25, -0.2) is 0 Å². The summed E-state index contributed by atoms with van der Waals surface area (Å²) in [5, 5.41) is 3.87. The maximum absolute atomic E-state index is 12.0. The number of nitrogens with one attached hydrogen (secondary N) is 1. The molecule has 1 amide bonds. The van der Waals surface area contributed by atoms with Crippen LogP contribution in [0, 0.1) is 11.8 Å². The van der Waals surface area contributed by atoms with Gasteiger partial charge < -0.3 is 10.2 Å². The van der Waals surface area contributed by atoms with E-state index in [1.807, 2.05) is 13.8 Å². The molecule has 0 unspecified atom stereocenters. The molecular formula is C18H34N2O. The van der Waals surface area contributed by atoms with E-state index < -0.39 is 0 Å². The lowest BCUT2D eigenvalue weighted by Gasteiger charge is -2.37. The predicted molar refractivity (Wildman–Crippen MR) is 88.2 cm³/mol. The average molecular weight is 294 g/mol. The van der Waals surface area contributed by atoms with E-state index in [-0.39, 0.29) is 5.92 Å². The molecule has 3 heteroatoms. The first kappa shape index (κ1) is 16.8. The molecule has 3 nitrogen and oxygen atoms in total. The molecule has 0 bridgehead atoms. The van der Waals surface area contributed by atoms with Gasteiger partial charge in [-0.3, -0.25) is 4.79 Å². The third kappa shape index (κ3) is 4.98. The normalized spacial score (nSPS) is 28.1. The van der Waals surface area contributed by atoms with E-state index in [2.05, 4.69) is 17.1 Å². The Balaban J connectivity index is 1.66. The van der Waals surface area contributed by atoms with Gasteiger partial charge in [-0.2, -0.15) is 0 Å². The Labute approximate surface area is 130 Å². The van der Waals surface area contributed by atoms with Gasteiger partial charge in [0, 0.05) is 31.1 Å². The van der Waals surface area contributed by atoms with E-state index in [1.165, 1.54) is 38.5 Å². The molecule has 0 atom stereocenters. The van der Waals surface area contributed by atoms with Gasteiger partial charge in [0.15, 0.2) is 0 Å². The number of likely N-dealkylation sites (tertiary alicyclic amines) is 1. The van der Waals surface area contributed by atoms with Crippen molar-refractivity contribution in [3.8, 4) is 0 Å². The summed E-state index contributed by atoms with van der Waals surface area (Å²) in [4.78, 5) is 14.1. The summed E-state index contributed by atoms with van der Waals surface area (Å²) in [5.74, 6) is 1.45. The number of amides is 1. The third-order valence-corrected chi connectivity index (χ3v) is 5.32. The number of piperidine rings is 1. The summed E-state index contributed by atoms with van der Waals surface area (Å²) < 4.78 is 0. The first-order chi connectivity index (χ1) is 10.1. The zero-order valence-corrected chi connectivity index (χ0v) is 14.2. The van der Waals surface area contributed by atoms with Gasteiger partial charge in [0.25, 0.3) is 0 Å². The van der Waals surface area contributed by atoms with E-state index in [9.17, 15) is 4.79 Å². The minimum Gasteiger partial charge on any atom is -0.342 e. The lowest BCUT2D eigenvalue weighted by Crippen LogP contribution is -2.49. The van der Waals surface area contributed by atoms with Crippen LogP contribution in [0.5, 0.6) is 0 Å². The molecule has 1 aliphatic heterocycles. The maximum Gasteiger partial charge on any atom is 0.225 e. The van der Waals surface area contributed by atoms with Gasteiger partial charge in [0.05, 0.1) is 0 Å². The number of nitrogens with zero attached hydrogens (tertiary/aromatic N) is 1. The number of carbonyl (C=O) groups is 1. The number of carbonyl (C=O) groups excluding carboxylic acids is 1. The van der Waals surface area contributed by atoms with E-state index in [0.717, 1.165) is 37.9 Å². The summed E-state index contributed by atoms with van der Waals surface area (Å²) in [6.45, 7) is 8.19. The highest BCUT2D eigenvalue weighted by atomic mass is 16.2. The van der Waals surface area contributed by atoms with Crippen molar-refractivity contribution in [2.24, 2.45) is 11.8 Å². The fourth-order valence-corrected chi connectivity index (χ4v) is 3.99. The highest BCUT2D eigenvalue weighted by molar-refractivity contribution is 5.78. The van der Waals surface area contributed by atoms with Crippen molar-refractivity contribution in [1.29, 1.82) is 0 Å². The monoisotopic (exact) mass is 294 g/mol. The Morgan fingerprint density at radius 2 is 1.62 bits per heavy atom. The molecule has 21 heavy (non-hydrogen) atoms. The molecule has 2 fully saturated rings. The van der Waals surface area contributed by atoms with Crippen LogP contribution >= 0.6 is 0 Å².